The predicted molar refractivity (Wildman–Crippen MR) is 96.8 cm³/mol. The number of thiol groups is 1. The standard InChI is InChI=1S/C19H20F2OS/c1-5-17(20)18(21)10-7-12(3)14-8-9-15(19(22)6-2)16(11-14)13(4)23/h5,7-11,23H,4,6H2,1-3H3/b12-7+,17-5+,18-10+. The summed E-state index contributed by atoms with van der Waals surface area (Å²) < 4.78 is 26.5. The third kappa shape index (κ3) is 5.03. The van der Waals surface area contributed by atoms with Crippen molar-refractivity contribution in [3.63, 3.8) is 0 Å². The Kier molecular flexibility index (Phi) is 7.17. The van der Waals surface area contributed by atoms with Gasteiger partial charge in [0, 0.05) is 16.9 Å². The first-order valence-corrected chi connectivity index (χ1v) is 7.68. The number of hydrogen-bond donors (Lipinski definition) is 1. The van der Waals surface area contributed by atoms with Crippen molar-refractivity contribution < 1.29 is 13.6 Å². The molecule has 0 aromatic heterocycles. The second kappa shape index (κ2) is 8.63. The zero-order chi connectivity index (χ0) is 17.6. The number of benzene rings is 1. The van der Waals surface area contributed by atoms with E-state index in [2.05, 4.69) is 19.2 Å². The first-order valence-electron chi connectivity index (χ1n) is 7.23. The molecule has 1 rings (SSSR count). The van der Waals surface area contributed by atoms with Crippen LogP contribution in [0.2, 0.25) is 0 Å². The summed E-state index contributed by atoms with van der Waals surface area (Å²) >= 11 is 4.24. The fourth-order valence-corrected chi connectivity index (χ4v) is 2.16. The zero-order valence-corrected chi connectivity index (χ0v) is 14.4. The highest BCUT2D eigenvalue weighted by molar-refractivity contribution is 7.90. The van der Waals surface area contributed by atoms with Gasteiger partial charge in [0.2, 0.25) is 0 Å². The van der Waals surface area contributed by atoms with Crippen LogP contribution in [0.3, 0.4) is 0 Å². The second-order valence-corrected chi connectivity index (χ2v) is 5.52. The summed E-state index contributed by atoms with van der Waals surface area (Å²) in [7, 11) is 0. The molecule has 0 heterocycles. The molecule has 0 aliphatic rings. The molecule has 1 aromatic rings. The van der Waals surface area contributed by atoms with Crippen molar-refractivity contribution in [1.29, 1.82) is 0 Å². The van der Waals surface area contributed by atoms with Gasteiger partial charge in [0.25, 0.3) is 0 Å². The van der Waals surface area contributed by atoms with E-state index < -0.39 is 11.7 Å². The maximum Gasteiger partial charge on any atom is 0.163 e. The van der Waals surface area contributed by atoms with E-state index in [0.29, 0.717) is 22.5 Å². The topological polar surface area (TPSA) is 17.1 Å². The number of ketones is 1. The molecule has 4 heteroatoms. The van der Waals surface area contributed by atoms with Crippen molar-refractivity contribution in [3.05, 3.63) is 71.4 Å². The average molecular weight is 334 g/mol. The Labute approximate surface area is 141 Å². The van der Waals surface area contributed by atoms with E-state index in [9.17, 15) is 13.6 Å². The van der Waals surface area contributed by atoms with Crippen molar-refractivity contribution in [3.8, 4) is 0 Å². The summed E-state index contributed by atoms with van der Waals surface area (Å²) in [6.45, 7) is 8.76. The van der Waals surface area contributed by atoms with Crippen molar-refractivity contribution >= 4 is 28.9 Å². The van der Waals surface area contributed by atoms with Crippen LogP contribution in [0.15, 0.2) is 54.7 Å². The Hall–Kier alpha value is -1.94. The van der Waals surface area contributed by atoms with Crippen molar-refractivity contribution in [2.45, 2.75) is 27.2 Å². The summed E-state index contributed by atoms with van der Waals surface area (Å²) in [4.78, 5) is 12.4. The van der Waals surface area contributed by atoms with Crippen molar-refractivity contribution in [2.75, 3.05) is 0 Å². The van der Waals surface area contributed by atoms with Crippen LogP contribution in [0, 0.1) is 0 Å². The molecule has 0 bridgehead atoms. The van der Waals surface area contributed by atoms with Gasteiger partial charge in [-0.05, 0) is 48.8 Å². The molecule has 0 saturated heterocycles. The van der Waals surface area contributed by atoms with Gasteiger partial charge < -0.3 is 0 Å². The molecule has 122 valence electrons. The Morgan fingerprint density at radius 1 is 1.22 bits per heavy atom. The van der Waals surface area contributed by atoms with Crippen LogP contribution >= 0.6 is 12.6 Å². The number of carbonyl (C=O) groups excluding carboxylic acids is 1. The molecule has 0 amide bonds. The van der Waals surface area contributed by atoms with Gasteiger partial charge in [0.15, 0.2) is 17.4 Å². The summed E-state index contributed by atoms with van der Waals surface area (Å²) in [6.07, 6.45) is 4.01. The van der Waals surface area contributed by atoms with E-state index in [1.54, 1.807) is 32.0 Å². The van der Waals surface area contributed by atoms with Crippen LogP contribution in [-0.2, 0) is 0 Å². The first kappa shape index (κ1) is 19.1. The third-order valence-electron chi connectivity index (χ3n) is 3.37. The van der Waals surface area contributed by atoms with Crippen LogP contribution in [0.25, 0.3) is 10.5 Å². The Bertz CT molecular complexity index is 712. The molecule has 0 radical (unpaired) electrons. The lowest BCUT2D eigenvalue weighted by Gasteiger charge is -2.10. The van der Waals surface area contributed by atoms with Crippen LogP contribution in [-0.4, -0.2) is 5.78 Å². The number of halogens is 2. The van der Waals surface area contributed by atoms with Crippen LogP contribution in [0.5, 0.6) is 0 Å². The molecule has 1 aromatic carbocycles. The molecule has 0 saturated carbocycles. The van der Waals surface area contributed by atoms with Gasteiger partial charge in [0.05, 0.1) is 0 Å². The molecule has 23 heavy (non-hydrogen) atoms. The van der Waals surface area contributed by atoms with Gasteiger partial charge in [-0.3, -0.25) is 4.79 Å². The minimum atomic E-state index is -0.927. The number of rotatable bonds is 6. The van der Waals surface area contributed by atoms with Gasteiger partial charge in [-0.15, -0.1) is 12.6 Å². The molecule has 1 nitrogen and oxygen atoms in total. The van der Waals surface area contributed by atoms with Gasteiger partial charge in [-0.25, -0.2) is 8.78 Å². The minimum absolute atomic E-state index is 0.00415. The highest BCUT2D eigenvalue weighted by Gasteiger charge is 2.12. The molecule has 0 unspecified atom stereocenters. The predicted octanol–water partition coefficient (Wildman–Crippen LogP) is 6.31. The fraction of sp³-hybridized carbons (Fsp3) is 0.211. The monoisotopic (exact) mass is 334 g/mol. The van der Waals surface area contributed by atoms with Crippen molar-refractivity contribution in [2.24, 2.45) is 0 Å². The molecule has 0 N–H and O–H groups in total. The average Bonchev–Trinajstić information content (AvgIpc) is 2.56. The van der Waals surface area contributed by atoms with Gasteiger partial charge in [-0.1, -0.05) is 31.7 Å². The molecular formula is C19H20F2OS. The van der Waals surface area contributed by atoms with Crippen LogP contribution in [0.4, 0.5) is 8.78 Å². The Balaban J connectivity index is 3.26. The molecule has 0 fully saturated rings. The maximum atomic E-state index is 13.4. The maximum absolute atomic E-state index is 13.4. The van der Waals surface area contributed by atoms with E-state index in [-0.39, 0.29) is 5.78 Å². The largest absolute Gasteiger partial charge is 0.294 e. The second-order valence-electron chi connectivity index (χ2n) is 4.98. The SMILES string of the molecule is C=C(S)c1cc(/C(C)=C/C=C(F)\C(F)=C/C)ccc1C(=O)CC. The normalized spacial score (nSPS) is 13.2. The van der Waals surface area contributed by atoms with E-state index in [1.807, 2.05) is 0 Å². The van der Waals surface area contributed by atoms with E-state index in [1.165, 1.54) is 13.0 Å². The summed E-state index contributed by atoms with van der Waals surface area (Å²) in [5, 5.41) is 0. The van der Waals surface area contributed by atoms with Crippen LogP contribution in [0.1, 0.15) is 48.7 Å². The molecule has 0 aliphatic heterocycles. The zero-order valence-electron chi connectivity index (χ0n) is 13.5. The van der Waals surface area contributed by atoms with Crippen molar-refractivity contribution in [1.82, 2.24) is 0 Å². The lowest BCUT2D eigenvalue weighted by molar-refractivity contribution is 0.0988. The fourth-order valence-electron chi connectivity index (χ4n) is 1.97. The molecular weight excluding hydrogens is 314 g/mol. The smallest absolute Gasteiger partial charge is 0.163 e. The quantitative estimate of drug-likeness (QED) is 0.366. The first-order chi connectivity index (χ1) is 10.8. The van der Waals surface area contributed by atoms with Crippen LogP contribution < -0.4 is 0 Å². The summed E-state index contributed by atoms with van der Waals surface area (Å²) in [5.41, 5.74) is 2.73. The lowest BCUT2D eigenvalue weighted by Crippen LogP contribution is -2.01. The van der Waals surface area contributed by atoms with E-state index in [0.717, 1.165) is 23.3 Å². The summed E-state index contributed by atoms with van der Waals surface area (Å²) in [6, 6.07) is 5.26. The number of carbonyl (C=O) groups is 1. The Morgan fingerprint density at radius 3 is 2.39 bits per heavy atom. The van der Waals surface area contributed by atoms with Gasteiger partial charge in [0.1, 0.15) is 0 Å². The Morgan fingerprint density at radius 2 is 1.87 bits per heavy atom. The lowest BCUT2D eigenvalue weighted by atomic mass is 9.96. The minimum Gasteiger partial charge on any atom is -0.294 e. The van der Waals surface area contributed by atoms with E-state index in [4.69, 9.17) is 0 Å². The molecule has 0 atom stereocenters. The van der Waals surface area contributed by atoms with Gasteiger partial charge >= 0.3 is 0 Å². The van der Waals surface area contributed by atoms with E-state index >= 15 is 0 Å². The van der Waals surface area contributed by atoms with Gasteiger partial charge in [-0.2, -0.15) is 0 Å². The third-order valence-corrected chi connectivity index (χ3v) is 3.61. The number of hydrogen-bond acceptors (Lipinski definition) is 2. The summed E-state index contributed by atoms with van der Waals surface area (Å²) in [5.74, 6) is -1.82. The molecule has 0 spiro atoms. The number of Topliss-reactive ketones (excluding diaryl/α,β-unsaturated/α-hetero) is 1. The highest BCUT2D eigenvalue weighted by Crippen LogP contribution is 2.27. The highest BCUT2D eigenvalue weighted by atomic mass is 32.1. The molecule has 0 aliphatic carbocycles. The number of allylic oxidation sites excluding steroid dienone is 6.